The molecule has 1 atom stereocenters. The highest BCUT2D eigenvalue weighted by Gasteiger charge is 2.47. The van der Waals surface area contributed by atoms with Gasteiger partial charge in [-0.3, -0.25) is 19.4 Å². The molecule has 2 aromatic carbocycles. The van der Waals surface area contributed by atoms with Gasteiger partial charge in [-0.2, -0.15) is 13.2 Å². The van der Waals surface area contributed by atoms with Crippen LogP contribution in [0.15, 0.2) is 47.5 Å². The number of nitrogens with zero attached hydrogens (tertiary/aromatic N) is 3. The first-order valence-corrected chi connectivity index (χ1v) is 15.6. The summed E-state index contributed by atoms with van der Waals surface area (Å²) in [6, 6.07) is 8.92. The molecule has 0 aliphatic carbocycles. The molecule has 2 fully saturated rings. The first kappa shape index (κ1) is 30.7. The molecule has 3 heterocycles. The van der Waals surface area contributed by atoms with Crippen molar-refractivity contribution in [3.63, 3.8) is 0 Å². The molecule has 5 rings (SSSR count). The number of sulfonamides is 1. The maximum atomic E-state index is 13.2. The van der Waals surface area contributed by atoms with E-state index in [2.05, 4.69) is 10.3 Å². The number of aliphatic imine (C=N–C) groups is 1. The van der Waals surface area contributed by atoms with Gasteiger partial charge in [-0.1, -0.05) is 18.2 Å². The first-order chi connectivity index (χ1) is 20.2. The Morgan fingerprint density at radius 1 is 1.12 bits per heavy atom. The van der Waals surface area contributed by atoms with E-state index in [4.69, 9.17) is 5.73 Å². The number of benzene rings is 2. The van der Waals surface area contributed by atoms with Crippen LogP contribution >= 0.6 is 0 Å². The molecule has 3 amide bonds. The van der Waals surface area contributed by atoms with Crippen molar-refractivity contribution < 1.29 is 36.0 Å². The molecule has 3 aliphatic rings. The summed E-state index contributed by atoms with van der Waals surface area (Å²) in [6.45, 7) is 2.32. The number of rotatable bonds is 7. The third-order valence-corrected chi connectivity index (χ3v) is 10.3. The number of primary amides is 1. The molecule has 0 saturated carbocycles. The number of carbonyl (C=O) groups excluding carboxylic acids is 3. The summed E-state index contributed by atoms with van der Waals surface area (Å²) in [7, 11) is -3.70. The van der Waals surface area contributed by atoms with Crippen molar-refractivity contribution in [1.82, 2.24) is 14.5 Å². The molecule has 3 aliphatic heterocycles. The van der Waals surface area contributed by atoms with Crippen molar-refractivity contribution in [1.29, 1.82) is 0 Å². The number of piperidine rings is 1. The summed E-state index contributed by atoms with van der Waals surface area (Å²) < 4.78 is 67.2. The van der Waals surface area contributed by atoms with E-state index >= 15 is 0 Å². The number of hydrogen-bond acceptors (Lipinski definition) is 6. The number of aryl methyl sites for hydroxylation is 2. The molecule has 0 radical (unpaired) electrons. The lowest BCUT2D eigenvalue weighted by Gasteiger charge is -2.34. The van der Waals surface area contributed by atoms with Gasteiger partial charge in [0.1, 0.15) is 17.4 Å². The van der Waals surface area contributed by atoms with E-state index in [1.807, 2.05) is 0 Å². The quantitative estimate of drug-likeness (QED) is 0.490. The van der Waals surface area contributed by atoms with Crippen molar-refractivity contribution in [2.75, 3.05) is 25.4 Å². The van der Waals surface area contributed by atoms with Gasteiger partial charge in [0.05, 0.1) is 11.3 Å². The maximum absolute atomic E-state index is 13.2. The topological polar surface area (TPSA) is 142 Å². The first-order valence-electron chi connectivity index (χ1n) is 14.0. The van der Waals surface area contributed by atoms with E-state index in [1.54, 1.807) is 25.1 Å². The minimum Gasteiger partial charge on any atom is -0.368 e. The Hall–Kier alpha value is -3.78. The molecule has 1 spiro atoms. The summed E-state index contributed by atoms with van der Waals surface area (Å²) in [5.74, 6) is -1.43. The molecule has 230 valence electrons. The number of carbonyl (C=O) groups is 3. The number of amidine groups is 1. The van der Waals surface area contributed by atoms with E-state index in [9.17, 15) is 36.0 Å². The number of nitrogens with two attached hydrogens (primary N) is 1. The third-order valence-electron chi connectivity index (χ3n) is 8.45. The lowest BCUT2D eigenvalue weighted by atomic mass is 9.89. The van der Waals surface area contributed by atoms with Crippen molar-refractivity contribution in [2.24, 2.45) is 10.7 Å². The lowest BCUT2D eigenvalue weighted by molar-refractivity contribution is -0.137. The molecule has 0 bridgehead atoms. The highest BCUT2D eigenvalue weighted by molar-refractivity contribution is 7.89. The molecule has 3 N–H and O–H groups in total. The number of halogens is 3. The van der Waals surface area contributed by atoms with Crippen LogP contribution in [-0.2, 0) is 32.2 Å². The van der Waals surface area contributed by atoms with Gasteiger partial charge in [-0.25, -0.2) is 12.7 Å². The number of nitrogens with one attached hydrogen (secondary N) is 1. The molecule has 0 aromatic heterocycles. The second kappa shape index (κ2) is 11.4. The second-order valence-electron chi connectivity index (χ2n) is 11.2. The standard InChI is InChI=1S/C29H32F3N5O5S/c1-18-16-21(26(39)37-12-3-6-23(37)24(33)38)8-7-19(18)9-15-43(41,42)36-13-10-28(11-14-36)27(40)34-25(35-28)20-4-2-5-22(17-20)29(30,31)32/h2,4-5,7-8,16-17,23H,3,6,9-15H2,1H3,(H2,33,38)(H,34,35,40). The minimum absolute atomic E-state index is 0.0401. The Bertz CT molecular complexity index is 1600. The van der Waals surface area contributed by atoms with E-state index < -0.39 is 45.2 Å². The van der Waals surface area contributed by atoms with Gasteiger partial charge in [0.15, 0.2) is 0 Å². The van der Waals surface area contributed by atoms with Crippen LogP contribution in [0.4, 0.5) is 13.2 Å². The van der Waals surface area contributed by atoms with Crippen LogP contribution in [0.3, 0.4) is 0 Å². The fraction of sp³-hybridized carbons (Fsp3) is 0.448. The van der Waals surface area contributed by atoms with Gasteiger partial charge in [0.2, 0.25) is 15.9 Å². The Kier molecular flexibility index (Phi) is 8.11. The molecule has 43 heavy (non-hydrogen) atoms. The lowest BCUT2D eigenvalue weighted by Crippen LogP contribution is -2.50. The van der Waals surface area contributed by atoms with Gasteiger partial charge in [0, 0.05) is 30.8 Å². The average molecular weight is 620 g/mol. The van der Waals surface area contributed by atoms with Crippen LogP contribution in [0, 0.1) is 6.92 Å². The fourth-order valence-electron chi connectivity index (χ4n) is 5.92. The smallest absolute Gasteiger partial charge is 0.368 e. The second-order valence-corrected chi connectivity index (χ2v) is 13.3. The average Bonchev–Trinajstić information content (AvgIpc) is 3.57. The van der Waals surface area contributed by atoms with Crippen molar-refractivity contribution >= 4 is 33.6 Å². The van der Waals surface area contributed by atoms with Crippen LogP contribution in [-0.4, -0.2) is 78.1 Å². The van der Waals surface area contributed by atoms with Gasteiger partial charge in [-0.15, -0.1) is 0 Å². The van der Waals surface area contributed by atoms with Crippen LogP contribution in [0.5, 0.6) is 0 Å². The number of alkyl halides is 3. The van der Waals surface area contributed by atoms with Crippen molar-refractivity contribution in [3.8, 4) is 0 Å². The van der Waals surface area contributed by atoms with Crippen LogP contribution in [0.2, 0.25) is 0 Å². The van der Waals surface area contributed by atoms with Crippen molar-refractivity contribution in [2.45, 2.75) is 56.8 Å². The van der Waals surface area contributed by atoms with Crippen molar-refractivity contribution in [3.05, 3.63) is 70.3 Å². The van der Waals surface area contributed by atoms with Gasteiger partial charge >= 0.3 is 6.18 Å². The highest BCUT2D eigenvalue weighted by Crippen LogP contribution is 2.34. The molecule has 14 heteroatoms. The summed E-state index contributed by atoms with van der Waals surface area (Å²) in [5.41, 5.74) is 5.37. The Morgan fingerprint density at radius 2 is 1.84 bits per heavy atom. The van der Waals surface area contributed by atoms with Gasteiger partial charge < -0.3 is 16.0 Å². The van der Waals surface area contributed by atoms with Crippen LogP contribution < -0.4 is 11.1 Å². The normalized spacial score (nSPS) is 20.7. The van der Waals surface area contributed by atoms with E-state index in [-0.39, 0.29) is 55.4 Å². The summed E-state index contributed by atoms with van der Waals surface area (Å²) >= 11 is 0. The highest BCUT2D eigenvalue weighted by atomic mass is 32.2. The summed E-state index contributed by atoms with van der Waals surface area (Å²) in [4.78, 5) is 43.4. The minimum atomic E-state index is -4.54. The Balaban J connectivity index is 1.21. The molecular formula is C29H32F3N5O5S. The Labute approximate surface area is 247 Å². The zero-order chi connectivity index (χ0) is 31.2. The number of amides is 3. The van der Waals surface area contributed by atoms with E-state index in [0.29, 0.717) is 24.9 Å². The predicted octanol–water partition coefficient (Wildman–Crippen LogP) is 2.39. The van der Waals surface area contributed by atoms with Crippen LogP contribution in [0.25, 0.3) is 0 Å². The maximum Gasteiger partial charge on any atom is 0.416 e. The SMILES string of the molecule is Cc1cc(C(=O)N2CCCC2C(N)=O)ccc1CCS(=O)(=O)N1CCC2(CC1)N=C(c1cccc(C(F)(F)F)c1)NC2=O. The Morgan fingerprint density at radius 3 is 2.49 bits per heavy atom. The number of likely N-dealkylation sites (tertiary alicyclic amines) is 1. The summed E-state index contributed by atoms with van der Waals surface area (Å²) in [5, 5.41) is 2.58. The van der Waals surface area contributed by atoms with Crippen LogP contribution in [0.1, 0.15) is 58.3 Å². The number of hydrogen-bond donors (Lipinski definition) is 2. The molecule has 2 aromatic rings. The third kappa shape index (κ3) is 6.16. The van der Waals surface area contributed by atoms with E-state index in [1.165, 1.54) is 21.3 Å². The largest absolute Gasteiger partial charge is 0.416 e. The van der Waals surface area contributed by atoms with Gasteiger partial charge in [0.25, 0.3) is 11.8 Å². The molecule has 2 saturated heterocycles. The predicted molar refractivity (Wildman–Crippen MR) is 152 cm³/mol. The molecular weight excluding hydrogens is 587 g/mol. The monoisotopic (exact) mass is 619 g/mol. The molecule has 10 nitrogen and oxygen atoms in total. The zero-order valence-electron chi connectivity index (χ0n) is 23.5. The van der Waals surface area contributed by atoms with E-state index in [0.717, 1.165) is 23.3 Å². The summed E-state index contributed by atoms with van der Waals surface area (Å²) in [6.07, 6.45) is -2.92. The zero-order valence-corrected chi connectivity index (χ0v) is 24.3. The molecule has 1 unspecified atom stereocenters. The van der Waals surface area contributed by atoms with Gasteiger partial charge in [-0.05, 0) is 74.4 Å². The fourth-order valence-corrected chi connectivity index (χ4v) is 7.39.